The number of benzene rings is 3. The van der Waals surface area contributed by atoms with Crippen molar-refractivity contribution in [1.29, 1.82) is 0 Å². The first-order valence-electron chi connectivity index (χ1n) is 7.11. The zero-order chi connectivity index (χ0) is 13.7. The molecule has 0 bridgehead atoms. The van der Waals surface area contributed by atoms with Gasteiger partial charge < -0.3 is 4.40 Å². The summed E-state index contributed by atoms with van der Waals surface area (Å²) in [6.07, 6.45) is 0. The highest BCUT2D eigenvalue weighted by molar-refractivity contribution is 6.28. The molecule has 0 saturated carbocycles. The van der Waals surface area contributed by atoms with Gasteiger partial charge in [-0.3, -0.25) is 4.79 Å². The van der Waals surface area contributed by atoms with Crippen molar-refractivity contribution in [1.82, 2.24) is 4.40 Å². The van der Waals surface area contributed by atoms with Crippen LogP contribution < -0.4 is 5.43 Å². The van der Waals surface area contributed by atoms with E-state index in [9.17, 15) is 4.79 Å². The van der Waals surface area contributed by atoms with Gasteiger partial charge in [0, 0.05) is 32.3 Å². The van der Waals surface area contributed by atoms with Gasteiger partial charge >= 0.3 is 0 Å². The van der Waals surface area contributed by atoms with Crippen molar-refractivity contribution in [2.24, 2.45) is 0 Å². The highest BCUT2D eigenvalue weighted by atomic mass is 16.1. The van der Waals surface area contributed by atoms with Crippen LogP contribution in [0, 0.1) is 0 Å². The first-order valence-corrected chi connectivity index (χ1v) is 7.11. The van der Waals surface area contributed by atoms with E-state index in [1.807, 2.05) is 24.3 Å². The molecule has 2 heteroatoms. The van der Waals surface area contributed by atoms with Gasteiger partial charge in [0.25, 0.3) is 0 Å². The number of nitrogens with zero attached hydrogens (tertiary/aromatic N) is 1. The highest BCUT2D eigenvalue weighted by Gasteiger charge is 2.22. The van der Waals surface area contributed by atoms with Crippen molar-refractivity contribution in [3.63, 3.8) is 0 Å². The maximum Gasteiger partial charge on any atom is 0.197 e. The average molecular weight is 267 g/mol. The smallest absolute Gasteiger partial charge is 0.197 e. The summed E-state index contributed by atoms with van der Waals surface area (Å²) in [6, 6.07) is 18.5. The Morgan fingerprint density at radius 2 is 0.857 bits per heavy atom. The topological polar surface area (TPSA) is 21.5 Å². The van der Waals surface area contributed by atoms with E-state index in [1.54, 1.807) is 0 Å². The molecule has 0 N–H and O–H groups in total. The quantitative estimate of drug-likeness (QED) is 0.377. The number of pyridine rings is 1. The lowest BCUT2D eigenvalue weighted by Gasteiger charge is -2.04. The van der Waals surface area contributed by atoms with Gasteiger partial charge in [0.05, 0.1) is 16.6 Å². The number of para-hydroxylation sites is 3. The van der Waals surface area contributed by atoms with Gasteiger partial charge in [0.1, 0.15) is 0 Å². The number of fused-ring (bicyclic) bond motifs is 2. The highest BCUT2D eigenvalue weighted by Crippen LogP contribution is 2.41. The summed E-state index contributed by atoms with van der Waals surface area (Å²) in [6.45, 7) is 0. The van der Waals surface area contributed by atoms with Crippen LogP contribution in [0.2, 0.25) is 0 Å². The van der Waals surface area contributed by atoms with Crippen LogP contribution in [0.4, 0.5) is 0 Å². The van der Waals surface area contributed by atoms with Crippen molar-refractivity contribution in [2.75, 3.05) is 0 Å². The summed E-state index contributed by atoms with van der Waals surface area (Å²) < 4.78 is 2.29. The third-order valence-corrected chi connectivity index (χ3v) is 4.85. The molecular weight excluding hydrogens is 258 g/mol. The Bertz CT molecular complexity index is 1250. The summed E-state index contributed by atoms with van der Waals surface area (Å²) in [5.74, 6) is 0. The molecule has 0 radical (unpaired) electrons. The fourth-order valence-corrected chi connectivity index (χ4v) is 4.07. The normalized spacial score (nSPS) is 13.0. The fraction of sp³-hybridized carbons (Fsp3) is 0. The standard InChI is InChI=1S/C19H9NO/c21-19-14-8-2-6-12-10-4-1-5-11-13-7-3-9-15(19)18(13)20(16(10)11)17(12)14/h1-9H. The lowest BCUT2D eigenvalue weighted by atomic mass is 10.0. The minimum absolute atomic E-state index is 0.145. The average Bonchev–Trinajstić information content (AvgIpc) is 3.05. The maximum atomic E-state index is 12.8. The first kappa shape index (κ1) is 9.94. The van der Waals surface area contributed by atoms with Gasteiger partial charge in [-0.15, -0.1) is 0 Å². The van der Waals surface area contributed by atoms with Crippen LogP contribution >= 0.6 is 0 Å². The summed E-state index contributed by atoms with van der Waals surface area (Å²) in [4.78, 5) is 12.8. The summed E-state index contributed by atoms with van der Waals surface area (Å²) in [5.41, 5.74) is 3.53. The summed E-state index contributed by atoms with van der Waals surface area (Å²) >= 11 is 0. The molecule has 0 unspecified atom stereocenters. The van der Waals surface area contributed by atoms with E-state index < -0.39 is 0 Å². The van der Waals surface area contributed by atoms with Crippen molar-refractivity contribution < 1.29 is 0 Å². The van der Waals surface area contributed by atoms with Crippen LogP contribution in [0.15, 0.2) is 59.4 Å². The van der Waals surface area contributed by atoms with E-state index in [0.29, 0.717) is 0 Å². The Hall–Kier alpha value is -2.87. The van der Waals surface area contributed by atoms with Crippen LogP contribution in [-0.4, -0.2) is 4.40 Å². The molecule has 6 rings (SSSR count). The molecule has 3 heterocycles. The molecule has 0 aliphatic carbocycles. The molecule has 2 nitrogen and oxygen atoms in total. The largest absolute Gasteiger partial charge is 0.306 e. The second-order valence-electron chi connectivity index (χ2n) is 5.77. The molecule has 0 atom stereocenters. The van der Waals surface area contributed by atoms with Crippen molar-refractivity contribution in [3.8, 4) is 0 Å². The molecule has 0 aliphatic heterocycles. The Kier molecular flexibility index (Phi) is 1.38. The Morgan fingerprint density at radius 1 is 0.524 bits per heavy atom. The van der Waals surface area contributed by atoms with Gasteiger partial charge in [-0.25, -0.2) is 0 Å². The number of hydrogen-bond acceptors (Lipinski definition) is 1. The van der Waals surface area contributed by atoms with Crippen LogP contribution in [0.3, 0.4) is 0 Å². The van der Waals surface area contributed by atoms with Crippen LogP contribution in [0.25, 0.3) is 48.9 Å². The van der Waals surface area contributed by atoms with E-state index in [2.05, 4.69) is 34.7 Å². The first-order chi connectivity index (χ1) is 10.4. The third kappa shape index (κ3) is 0.870. The van der Waals surface area contributed by atoms with Gasteiger partial charge in [0.2, 0.25) is 0 Å². The van der Waals surface area contributed by atoms with E-state index in [1.165, 1.54) is 27.1 Å². The molecule has 6 aromatic rings. The number of hydrogen-bond donors (Lipinski definition) is 0. The van der Waals surface area contributed by atoms with E-state index in [-0.39, 0.29) is 5.43 Å². The Labute approximate surface area is 118 Å². The molecular formula is C19H9NO. The molecule has 3 aromatic carbocycles. The van der Waals surface area contributed by atoms with Gasteiger partial charge in [-0.05, 0) is 12.1 Å². The molecule has 0 saturated heterocycles. The summed E-state index contributed by atoms with van der Waals surface area (Å²) in [5, 5.41) is 6.47. The fourth-order valence-electron chi connectivity index (χ4n) is 4.07. The molecule has 0 aliphatic rings. The van der Waals surface area contributed by atoms with Gasteiger partial charge in [-0.2, -0.15) is 0 Å². The Morgan fingerprint density at radius 3 is 1.29 bits per heavy atom. The molecule has 21 heavy (non-hydrogen) atoms. The second kappa shape index (κ2) is 2.91. The zero-order valence-electron chi connectivity index (χ0n) is 11.1. The predicted molar refractivity (Wildman–Crippen MR) is 87.2 cm³/mol. The minimum atomic E-state index is 0.145. The van der Waals surface area contributed by atoms with Crippen molar-refractivity contribution >= 4 is 48.9 Å². The molecule has 0 spiro atoms. The zero-order valence-corrected chi connectivity index (χ0v) is 11.1. The van der Waals surface area contributed by atoms with E-state index >= 15 is 0 Å². The molecule has 96 valence electrons. The monoisotopic (exact) mass is 267 g/mol. The minimum Gasteiger partial charge on any atom is -0.306 e. The van der Waals surface area contributed by atoms with Crippen molar-refractivity contribution in [3.05, 3.63) is 64.8 Å². The van der Waals surface area contributed by atoms with Gasteiger partial charge in [0.15, 0.2) is 5.43 Å². The van der Waals surface area contributed by atoms with E-state index in [0.717, 1.165) is 21.8 Å². The Balaban J connectivity index is 2.30. The SMILES string of the molecule is O=c1c2cccc3c4cccc5c6cccc1c6n(c23)c45. The molecule has 3 aromatic heterocycles. The molecule has 0 amide bonds. The lowest BCUT2D eigenvalue weighted by Crippen LogP contribution is -2.05. The van der Waals surface area contributed by atoms with Crippen LogP contribution in [0.5, 0.6) is 0 Å². The third-order valence-electron chi connectivity index (χ3n) is 4.85. The summed E-state index contributed by atoms with van der Waals surface area (Å²) in [7, 11) is 0. The number of aromatic nitrogens is 1. The maximum absolute atomic E-state index is 12.8. The van der Waals surface area contributed by atoms with Crippen molar-refractivity contribution in [2.45, 2.75) is 0 Å². The van der Waals surface area contributed by atoms with Crippen LogP contribution in [-0.2, 0) is 0 Å². The van der Waals surface area contributed by atoms with Crippen LogP contribution in [0.1, 0.15) is 0 Å². The molecule has 0 fully saturated rings. The number of rotatable bonds is 0. The second-order valence-corrected chi connectivity index (χ2v) is 5.77. The lowest BCUT2D eigenvalue weighted by molar-refractivity contribution is 1.37. The van der Waals surface area contributed by atoms with E-state index in [4.69, 9.17) is 0 Å². The van der Waals surface area contributed by atoms with Gasteiger partial charge in [-0.1, -0.05) is 42.5 Å². The predicted octanol–water partition coefficient (Wildman–Crippen LogP) is 4.23.